The molecule has 0 heterocycles. The van der Waals surface area contributed by atoms with Gasteiger partial charge in [0.2, 0.25) is 19.9 Å². The summed E-state index contributed by atoms with van der Waals surface area (Å²) in [6.07, 6.45) is 2.58. The lowest BCUT2D eigenvalue weighted by Crippen LogP contribution is -2.32. The molecular weight excluding hydrogens is 456 g/mol. The molecule has 0 aliphatic carbocycles. The van der Waals surface area contributed by atoms with Gasteiger partial charge in [0, 0.05) is 0 Å². The number of hydrogen-bond donors (Lipinski definition) is 1. The minimum atomic E-state index is -4.10. The zero-order valence-corrected chi connectivity index (χ0v) is 19.5. The average Bonchev–Trinajstić information content (AvgIpc) is 2.82. The summed E-state index contributed by atoms with van der Waals surface area (Å²) in [6, 6.07) is 20.8. The van der Waals surface area contributed by atoms with Gasteiger partial charge in [0.1, 0.15) is 0 Å². The normalized spacial score (nSPS) is 13.2. The summed E-state index contributed by atoms with van der Waals surface area (Å²) in [7, 11) is -8.19. The van der Waals surface area contributed by atoms with Crippen LogP contribution in [-0.4, -0.2) is 16.8 Å². The molecule has 0 bridgehead atoms. The molecule has 3 aromatic carbocycles. The Morgan fingerprint density at radius 3 is 2.06 bits per heavy atom. The molecule has 0 amide bonds. The zero-order valence-electron chi connectivity index (χ0n) is 17.8. The summed E-state index contributed by atoms with van der Waals surface area (Å²) in [5.74, 6) is 0. The smallest absolute Gasteiger partial charge is 0.219 e. The number of benzene rings is 3. The number of nitriles is 1. The van der Waals surface area contributed by atoms with Crippen LogP contribution in [0.4, 0.5) is 0 Å². The van der Waals surface area contributed by atoms with E-state index in [0.29, 0.717) is 11.1 Å². The Kier molecular flexibility index (Phi) is 7.29. The highest BCUT2D eigenvalue weighted by molar-refractivity contribution is 7.95. The van der Waals surface area contributed by atoms with E-state index < -0.39 is 25.9 Å². The Bertz CT molecular complexity index is 1420. The average molecular weight is 479 g/mol. The lowest BCUT2D eigenvalue weighted by Gasteiger charge is -2.23. The van der Waals surface area contributed by atoms with Gasteiger partial charge in [0.25, 0.3) is 0 Å². The van der Waals surface area contributed by atoms with Crippen LogP contribution in [0, 0.1) is 18.3 Å². The van der Waals surface area contributed by atoms with Crippen LogP contribution in [0.15, 0.2) is 112 Å². The first-order chi connectivity index (χ1) is 15.7. The van der Waals surface area contributed by atoms with Crippen molar-refractivity contribution in [2.24, 2.45) is 0 Å². The maximum Gasteiger partial charge on any atom is 0.241 e. The molecule has 1 N–H and O–H groups in total. The molecule has 0 radical (unpaired) electrons. The molecule has 3 aromatic rings. The summed E-state index contributed by atoms with van der Waals surface area (Å²) in [6.45, 7) is 5.46. The number of sulfone groups is 1. The lowest BCUT2D eigenvalue weighted by atomic mass is 10.1. The third-order valence-corrected chi connectivity index (χ3v) is 8.23. The number of nitrogens with zero attached hydrogens (tertiary/aromatic N) is 1. The molecule has 6 nitrogen and oxygen atoms in total. The quantitative estimate of drug-likeness (QED) is 0.482. The summed E-state index contributed by atoms with van der Waals surface area (Å²) >= 11 is 0. The van der Waals surface area contributed by atoms with Gasteiger partial charge in [-0.25, -0.2) is 16.8 Å². The molecule has 1 unspecified atom stereocenters. The van der Waals surface area contributed by atoms with E-state index in [-0.39, 0.29) is 14.7 Å². The summed E-state index contributed by atoms with van der Waals surface area (Å²) < 4.78 is 56.0. The third kappa shape index (κ3) is 5.46. The second-order valence-electron chi connectivity index (χ2n) is 7.22. The predicted octanol–water partition coefficient (Wildman–Crippen LogP) is 4.43. The van der Waals surface area contributed by atoms with Crippen LogP contribution < -0.4 is 4.72 Å². The molecule has 0 saturated carbocycles. The fourth-order valence-electron chi connectivity index (χ4n) is 3.17. The molecule has 0 aliphatic rings. The van der Waals surface area contributed by atoms with Crippen molar-refractivity contribution in [2.45, 2.75) is 22.8 Å². The third-order valence-electron chi connectivity index (χ3n) is 4.91. The number of aryl methyl sites for hydroxylation is 1. The summed E-state index contributed by atoms with van der Waals surface area (Å²) in [5, 5.41) is 9.11. The monoisotopic (exact) mass is 478 g/mol. The first kappa shape index (κ1) is 24.1. The van der Waals surface area contributed by atoms with Crippen LogP contribution >= 0.6 is 0 Å². The fourth-order valence-corrected chi connectivity index (χ4v) is 6.02. The molecule has 0 saturated heterocycles. The van der Waals surface area contributed by atoms with E-state index in [2.05, 4.69) is 11.3 Å². The molecule has 0 fully saturated rings. The van der Waals surface area contributed by atoms with E-state index in [1.807, 2.05) is 13.0 Å². The molecular formula is C25H22N2O4S2. The van der Waals surface area contributed by atoms with Crippen molar-refractivity contribution in [1.29, 1.82) is 5.26 Å². The maximum atomic E-state index is 13.6. The van der Waals surface area contributed by atoms with Crippen LogP contribution in [0.2, 0.25) is 0 Å². The Morgan fingerprint density at radius 1 is 0.909 bits per heavy atom. The van der Waals surface area contributed by atoms with Crippen molar-refractivity contribution < 1.29 is 16.8 Å². The largest absolute Gasteiger partial charge is 0.241 e. The molecule has 0 aromatic heterocycles. The second-order valence-corrected chi connectivity index (χ2v) is 10.9. The van der Waals surface area contributed by atoms with Crippen LogP contribution in [0.1, 0.15) is 22.7 Å². The maximum absolute atomic E-state index is 13.6. The van der Waals surface area contributed by atoms with Crippen molar-refractivity contribution in [3.8, 4) is 6.07 Å². The van der Waals surface area contributed by atoms with Gasteiger partial charge < -0.3 is 0 Å². The Morgan fingerprint density at radius 2 is 1.52 bits per heavy atom. The number of sulfonamides is 1. The van der Waals surface area contributed by atoms with Gasteiger partial charge in [-0.2, -0.15) is 9.98 Å². The molecule has 0 spiro atoms. The van der Waals surface area contributed by atoms with Crippen molar-refractivity contribution in [3.05, 3.63) is 119 Å². The first-order valence-corrected chi connectivity index (χ1v) is 12.9. The Balaban J connectivity index is 2.19. The van der Waals surface area contributed by atoms with Crippen molar-refractivity contribution in [2.75, 3.05) is 0 Å². The molecule has 168 valence electrons. The van der Waals surface area contributed by atoms with Crippen molar-refractivity contribution >= 4 is 19.9 Å². The minimum Gasteiger partial charge on any atom is -0.219 e. The number of rotatable bonds is 8. The number of allylic oxidation sites excluding steroid dienone is 2. The Hall–Kier alpha value is -3.51. The molecule has 0 aliphatic heterocycles. The topological polar surface area (TPSA) is 104 Å². The van der Waals surface area contributed by atoms with Crippen LogP contribution in [-0.2, 0) is 19.9 Å². The van der Waals surface area contributed by atoms with E-state index in [4.69, 9.17) is 5.26 Å². The minimum absolute atomic E-state index is 0.00525. The first-order valence-electron chi connectivity index (χ1n) is 9.91. The summed E-state index contributed by atoms with van der Waals surface area (Å²) in [5.41, 5.74) is 1.60. The van der Waals surface area contributed by atoms with Crippen molar-refractivity contribution in [3.63, 3.8) is 0 Å². The summed E-state index contributed by atoms with van der Waals surface area (Å²) in [4.78, 5) is -0.168. The van der Waals surface area contributed by atoms with Gasteiger partial charge in [-0.1, -0.05) is 60.7 Å². The van der Waals surface area contributed by atoms with Crippen molar-refractivity contribution in [1.82, 2.24) is 4.72 Å². The van der Waals surface area contributed by atoms with Gasteiger partial charge in [0.05, 0.1) is 32.4 Å². The highest BCUT2D eigenvalue weighted by atomic mass is 32.2. The predicted molar refractivity (Wildman–Crippen MR) is 127 cm³/mol. The van der Waals surface area contributed by atoms with E-state index in [1.165, 1.54) is 60.7 Å². The molecule has 1 atom stereocenters. The van der Waals surface area contributed by atoms with E-state index in [1.54, 1.807) is 30.3 Å². The van der Waals surface area contributed by atoms with E-state index >= 15 is 0 Å². The van der Waals surface area contributed by atoms with Gasteiger partial charge in [-0.15, -0.1) is 0 Å². The molecule has 3 rings (SSSR count). The number of nitrogens with one attached hydrogen (secondary N) is 1. The van der Waals surface area contributed by atoms with Gasteiger partial charge >= 0.3 is 0 Å². The highest BCUT2D eigenvalue weighted by Crippen LogP contribution is 2.33. The van der Waals surface area contributed by atoms with E-state index in [9.17, 15) is 16.8 Å². The standard InChI is InChI=1S/C25H22N2O4S2/c1-3-7-24(32(28,29)22-16-10-19(2)11-17-22)25(21-14-12-20(18-26)13-15-21)27-33(30,31)23-8-5-4-6-9-23/h3-17,25,27H,1H2,2H3/b24-7-. The SMILES string of the molecule is C=C/C=C(/C(NS(=O)(=O)c1ccccc1)c1ccc(C#N)cc1)S(=O)(=O)c1ccc(C)cc1. The Labute approximate surface area is 194 Å². The van der Waals surface area contributed by atoms with Crippen LogP contribution in [0.3, 0.4) is 0 Å². The van der Waals surface area contributed by atoms with Gasteiger partial charge in [0.15, 0.2) is 0 Å². The zero-order chi connectivity index (χ0) is 24.1. The number of hydrogen-bond acceptors (Lipinski definition) is 5. The van der Waals surface area contributed by atoms with Crippen LogP contribution in [0.5, 0.6) is 0 Å². The van der Waals surface area contributed by atoms with Gasteiger partial charge in [-0.3, -0.25) is 0 Å². The van der Waals surface area contributed by atoms with Crippen LogP contribution in [0.25, 0.3) is 0 Å². The van der Waals surface area contributed by atoms with Gasteiger partial charge in [-0.05, 0) is 55.0 Å². The van der Waals surface area contributed by atoms with E-state index in [0.717, 1.165) is 5.56 Å². The second kappa shape index (κ2) is 9.96. The molecule has 8 heteroatoms. The molecule has 33 heavy (non-hydrogen) atoms. The lowest BCUT2D eigenvalue weighted by molar-refractivity contribution is 0.569. The highest BCUT2D eigenvalue weighted by Gasteiger charge is 2.32. The fraction of sp³-hybridized carbons (Fsp3) is 0.0800.